The van der Waals surface area contributed by atoms with E-state index in [-0.39, 0.29) is 0 Å². The number of hydrogen-bond acceptors (Lipinski definition) is 0. The third-order valence-electron chi connectivity index (χ3n) is 6.41. The zero-order valence-electron chi connectivity index (χ0n) is 17.9. The summed E-state index contributed by atoms with van der Waals surface area (Å²) in [6.07, 6.45) is 26.5. The molecule has 0 spiro atoms. The van der Waals surface area contributed by atoms with Gasteiger partial charge in [-0.05, 0) is 31.6 Å². The molecule has 150 valence electrons. The van der Waals surface area contributed by atoms with E-state index in [4.69, 9.17) is 0 Å². The summed E-state index contributed by atoms with van der Waals surface area (Å²) in [6.45, 7) is 9.00. The second-order valence-electron chi connectivity index (χ2n) is 8.83. The number of unbranched alkanes of at least 4 members (excludes halogenated alkanes) is 13. The first-order chi connectivity index (χ1) is 12.4. The minimum absolute atomic E-state index is 1.07. The van der Waals surface area contributed by atoms with E-state index in [2.05, 4.69) is 13.8 Å². The highest BCUT2D eigenvalue weighted by atomic mass is 15.1. The lowest BCUT2D eigenvalue weighted by Crippen LogP contribution is -3.13. The van der Waals surface area contributed by atoms with Crippen molar-refractivity contribution in [1.29, 1.82) is 0 Å². The predicted molar refractivity (Wildman–Crippen MR) is 114 cm³/mol. The van der Waals surface area contributed by atoms with Crippen LogP contribution in [0, 0.1) is 5.92 Å². The molecule has 1 N–H and O–H groups in total. The average Bonchev–Trinajstić information content (AvgIpc) is 2.64. The molecule has 1 heterocycles. The van der Waals surface area contributed by atoms with Gasteiger partial charge in [0, 0.05) is 0 Å². The molecule has 0 unspecified atom stereocenters. The van der Waals surface area contributed by atoms with Crippen LogP contribution < -0.4 is 4.90 Å². The highest BCUT2D eigenvalue weighted by Crippen LogP contribution is 2.19. The van der Waals surface area contributed by atoms with E-state index >= 15 is 0 Å². The van der Waals surface area contributed by atoms with Crippen molar-refractivity contribution < 1.29 is 4.90 Å². The van der Waals surface area contributed by atoms with Gasteiger partial charge >= 0.3 is 0 Å². The maximum Gasteiger partial charge on any atom is 0.0773 e. The largest absolute Gasteiger partial charge is 0.335 e. The van der Waals surface area contributed by atoms with E-state index in [9.17, 15) is 0 Å². The van der Waals surface area contributed by atoms with Gasteiger partial charge in [0.15, 0.2) is 0 Å². The number of hydrogen-bond donors (Lipinski definition) is 1. The molecular weight excluding hydrogens is 302 g/mol. The van der Waals surface area contributed by atoms with Gasteiger partial charge in [-0.3, -0.25) is 0 Å². The minimum atomic E-state index is 1.07. The Morgan fingerprint density at radius 1 is 0.560 bits per heavy atom. The fourth-order valence-electron chi connectivity index (χ4n) is 4.52. The summed E-state index contributed by atoms with van der Waals surface area (Å²) in [5, 5.41) is 0. The topological polar surface area (TPSA) is 4.44 Å². The molecule has 1 fully saturated rings. The van der Waals surface area contributed by atoms with Crippen LogP contribution in [-0.4, -0.2) is 19.6 Å². The van der Waals surface area contributed by atoms with E-state index in [1.165, 1.54) is 135 Å². The molecule has 0 saturated carbocycles. The fourth-order valence-corrected chi connectivity index (χ4v) is 4.52. The Hall–Kier alpha value is -0.0400. The van der Waals surface area contributed by atoms with Crippen LogP contribution in [0.1, 0.15) is 129 Å². The molecule has 0 aromatic carbocycles. The van der Waals surface area contributed by atoms with Gasteiger partial charge in [-0.15, -0.1) is 0 Å². The van der Waals surface area contributed by atoms with Crippen molar-refractivity contribution in [2.45, 2.75) is 129 Å². The molecule has 1 rings (SSSR count). The second kappa shape index (κ2) is 17.4. The monoisotopic (exact) mass is 352 g/mol. The van der Waals surface area contributed by atoms with E-state index in [0.717, 1.165) is 5.92 Å². The van der Waals surface area contributed by atoms with Gasteiger partial charge in [-0.1, -0.05) is 104 Å². The van der Waals surface area contributed by atoms with Crippen molar-refractivity contribution in [1.82, 2.24) is 0 Å². The molecule has 1 saturated heterocycles. The van der Waals surface area contributed by atoms with Crippen LogP contribution in [0.2, 0.25) is 0 Å². The molecule has 0 atom stereocenters. The lowest BCUT2D eigenvalue weighted by atomic mass is 9.91. The normalized spacial score (nSPS) is 20.9. The molecule has 0 aliphatic carbocycles. The van der Waals surface area contributed by atoms with Crippen molar-refractivity contribution in [2.24, 2.45) is 5.92 Å². The number of piperidine rings is 1. The van der Waals surface area contributed by atoms with E-state index in [0.29, 0.717) is 0 Å². The summed E-state index contributed by atoms with van der Waals surface area (Å²) >= 11 is 0. The van der Waals surface area contributed by atoms with Crippen molar-refractivity contribution in [2.75, 3.05) is 19.6 Å². The van der Waals surface area contributed by atoms with Gasteiger partial charge in [0.2, 0.25) is 0 Å². The van der Waals surface area contributed by atoms with Gasteiger partial charge in [-0.2, -0.15) is 0 Å². The molecule has 0 radical (unpaired) electrons. The smallest absolute Gasteiger partial charge is 0.0773 e. The lowest BCUT2D eigenvalue weighted by molar-refractivity contribution is -0.906. The Labute approximate surface area is 160 Å². The third kappa shape index (κ3) is 13.8. The van der Waals surface area contributed by atoms with Gasteiger partial charge in [-0.25, -0.2) is 0 Å². The first-order valence-corrected chi connectivity index (χ1v) is 12.2. The van der Waals surface area contributed by atoms with Crippen LogP contribution >= 0.6 is 0 Å². The number of nitrogens with one attached hydrogen (secondary N) is 1. The molecule has 0 amide bonds. The van der Waals surface area contributed by atoms with Crippen molar-refractivity contribution >= 4 is 0 Å². The Balaban J connectivity index is 1.81. The number of quaternary nitrogens is 1. The first kappa shape index (κ1) is 23.0. The Morgan fingerprint density at radius 3 is 1.52 bits per heavy atom. The fraction of sp³-hybridized carbons (Fsp3) is 1.00. The summed E-state index contributed by atoms with van der Waals surface area (Å²) in [5.74, 6) is 1.07. The molecule has 0 aromatic rings. The summed E-state index contributed by atoms with van der Waals surface area (Å²) in [5.41, 5.74) is 0. The maximum atomic E-state index is 2.31. The van der Waals surface area contributed by atoms with Crippen LogP contribution in [0.25, 0.3) is 0 Å². The lowest BCUT2D eigenvalue weighted by Gasteiger charge is -2.29. The quantitative estimate of drug-likeness (QED) is 0.283. The highest BCUT2D eigenvalue weighted by molar-refractivity contribution is 4.63. The molecule has 1 aliphatic rings. The third-order valence-corrected chi connectivity index (χ3v) is 6.41. The van der Waals surface area contributed by atoms with Crippen LogP contribution in [0.4, 0.5) is 0 Å². The van der Waals surface area contributed by atoms with Gasteiger partial charge < -0.3 is 4.90 Å². The average molecular weight is 353 g/mol. The molecule has 0 aromatic heterocycles. The minimum Gasteiger partial charge on any atom is -0.335 e. The molecule has 25 heavy (non-hydrogen) atoms. The Bertz CT molecular complexity index is 255. The van der Waals surface area contributed by atoms with Gasteiger partial charge in [0.1, 0.15) is 0 Å². The molecule has 1 heteroatoms. The van der Waals surface area contributed by atoms with Crippen LogP contribution in [0.3, 0.4) is 0 Å². The Kier molecular flexibility index (Phi) is 16.0. The predicted octanol–water partition coefficient (Wildman–Crippen LogP) is 6.56. The number of likely N-dealkylation sites (tertiary alicyclic amines) is 1. The van der Waals surface area contributed by atoms with Crippen LogP contribution in [-0.2, 0) is 0 Å². The van der Waals surface area contributed by atoms with E-state index in [1.807, 2.05) is 4.90 Å². The maximum absolute atomic E-state index is 2.31. The van der Waals surface area contributed by atoms with E-state index in [1.54, 1.807) is 0 Å². The molecular formula is C24H50N+. The molecule has 0 bridgehead atoms. The molecule has 1 nitrogen and oxygen atoms in total. The highest BCUT2D eigenvalue weighted by Gasteiger charge is 2.20. The van der Waals surface area contributed by atoms with Crippen molar-refractivity contribution in [3.8, 4) is 0 Å². The Morgan fingerprint density at radius 2 is 1.00 bits per heavy atom. The van der Waals surface area contributed by atoms with Crippen LogP contribution in [0.15, 0.2) is 0 Å². The first-order valence-electron chi connectivity index (χ1n) is 12.2. The van der Waals surface area contributed by atoms with Crippen LogP contribution in [0.5, 0.6) is 0 Å². The zero-order valence-corrected chi connectivity index (χ0v) is 17.9. The van der Waals surface area contributed by atoms with Crippen molar-refractivity contribution in [3.05, 3.63) is 0 Å². The summed E-state index contributed by atoms with van der Waals surface area (Å²) < 4.78 is 0. The van der Waals surface area contributed by atoms with Gasteiger partial charge in [0.25, 0.3) is 0 Å². The molecule has 1 aliphatic heterocycles. The standard InChI is InChI=1S/C24H49N/c1-3-5-7-9-10-11-12-13-14-15-16-18-24-19-22-25(23-20-24)21-17-8-6-4-2/h24H,3-23H2,1-2H3/p+1. The zero-order chi connectivity index (χ0) is 18.0. The summed E-state index contributed by atoms with van der Waals surface area (Å²) in [7, 11) is 0. The summed E-state index contributed by atoms with van der Waals surface area (Å²) in [6, 6.07) is 0. The number of rotatable bonds is 17. The SMILES string of the molecule is CCCCCCCCCCCCCC1CC[NH+](CCCCCC)CC1. The second-order valence-corrected chi connectivity index (χ2v) is 8.83. The van der Waals surface area contributed by atoms with E-state index < -0.39 is 0 Å². The van der Waals surface area contributed by atoms with Crippen molar-refractivity contribution in [3.63, 3.8) is 0 Å². The summed E-state index contributed by atoms with van der Waals surface area (Å²) in [4.78, 5) is 1.91. The van der Waals surface area contributed by atoms with Gasteiger partial charge in [0.05, 0.1) is 19.6 Å².